The molecule has 1 aromatic carbocycles. The first-order valence-corrected chi connectivity index (χ1v) is 5.97. The van der Waals surface area contributed by atoms with Gasteiger partial charge in [0.25, 0.3) is 0 Å². The zero-order chi connectivity index (χ0) is 15.5. The Hall–Kier alpha value is -1.82. The summed E-state index contributed by atoms with van der Waals surface area (Å²) in [4.78, 5) is 11.5. The monoisotopic (exact) mass is 286 g/mol. The Labute approximate surface area is 117 Å². The third kappa shape index (κ3) is 3.19. The smallest absolute Gasteiger partial charge is 0.339 e. The van der Waals surface area contributed by atoms with Crippen LogP contribution in [0.5, 0.6) is 11.5 Å². The molecule has 0 saturated carbocycles. The van der Waals surface area contributed by atoms with Crippen LogP contribution in [0.15, 0.2) is 12.1 Å². The molecule has 0 spiro atoms. The lowest BCUT2D eigenvalue weighted by atomic mass is 9.95. The Morgan fingerprint density at radius 3 is 2.25 bits per heavy atom. The highest BCUT2D eigenvalue weighted by Gasteiger charge is 2.29. The van der Waals surface area contributed by atoms with Crippen molar-refractivity contribution in [2.45, 2.75) is 25.6 Å². The molecular formula is C14H19FO5. The minimum Gasteiger partial charge on any atom is -0.493 e. The number of hydrogen-bond donors (Lipinski definition) is 1. The van der Waals surface area contributed by atoms with E-state index < -0.39 is 17.7 Å². The lowest BCUT2D eigenvalue weighted by Gasteiger charge is -2.21. The maximum atomic E-state index is 14.1. The number of esters is 1. The first-order chi connectivity index (χ1) is 9.26. The number of benzene rings is 1. The lowest BCUT2D eigenvalue weighted by Crippen LogP contribution is -2.17. The first-order valence-electron chi connectivity index (χ1n) is 5.97. The number of carbonyl (C=O) groups excluding carboxylic acids is 1. The van der Waals surface area contributed by atoms with Gasteiger partial charge in [-0.25, -0.2) is 9.18 Å². The summed E-state index contributed by atoms with van der Waals surface area (Å²) in [5.74, 6) is -0.466. The zero-order valence-corrected chi connectivity index (χ0v) is 12.2. The van der Waals surface area contributed by atoms with Crippen molar-refractivity contribution in [3.8, 4) is 11.5 Å². The molecule has 0 radical (unpaired) electrons. The highest BCUT2D eigenvalue weighted by atomic mass is 19.1. The van der Waals surface area contributed by atoms with Gasteiger partial charge in [0, 0.05) is 5.56 Å². The van der Waals surface area contributed by atoms with Gasteiger partial charge < -0.3 is 19.3 Å². The maximum Gasteiger partial charge on any atom is 0.339 e. The van der Waals surface area contributed by atoms with Gasteiger partial charge in [0.05, 0.1) is 21.3 Å². The van der Waals surface area contributed by atoms with Gasteiger partial charge in [-0.15, -0.1) is 0 Å². The first kappa shape index (κ1) is 16.2. The second-order valence-electron chi connectivity index (χ2n) is 4.70. The summed E-state index contributed by atoms with van der Waals surface area (Å²) < 4.78 is 28.8. The van der Waals surface area contributed by atoms with Crippen LogP contribution < -0.4 is 9.47 Å². The third-order valence-corrected chi connectivity index (χ3v) is 2.91. The summed E-state index contributed by atoms with van der Waals surface area (Å²) in [5, 5.41) is 9.98. The number of aliphatic hydroxyl groups excluding tert-OH is 1. The van der Waals surface area contributed by atoms with Crippen molar-refractivity contribution in [3.63, 3.8) is 0 Å². The van der Waals surface area contributed by atoms with Crippen LogP contribution in [-0.2, 0) is 15.2 Å². The van der Waals surface area contributed by atoms with Gasteiger partial charge in [-0.05, 0) is 31.5 Å². The molecular weight excluding hydrogens is 267 g/mol. The lowest BCUT2D eigenvalue weighted by molar-refractivity contribution is -0.150. The molecule has 6 heteroatoms. The molecule has 20 heavy (non-hydrogen) atoms. The topological polar surface area (TPSA) is 65.0 Å². The van der Waals surface area contributed by atoms with E-state index in [2.05, 4.69) is 4.74 Å². The molecule has 0 bridgehead atoms. The number of methoxy groups -OCH3 is 3. The molecule has 0 heterocycles. The van der Waals surface area contributed by atoms with Crippen LogP contribution in [0.2, 0.25) is 0 Å². The quantitative estimate of drug-likeness (QED) is 0.840. The second-order valence-corrected chi connectivity index (χ2v) is 4.70. The van der Waals surface area contributed by atoms with Crippen LogP contribution in [0.1, 0.15) is 31.1 Å². The van der Waals surface area contributed by atoms with Gasteiger partial charge in [-0.1, -0.05) is 0 Å². The fraction of sp³-hybridized carbons (Fsp3) is 0.500. The van der Waals surface area contributed by atoms with Crippen LogP contribution in [0.4, 0.5) is 4.39 Å². The van der Waals surface area contributed by atoms with Gasteiger partial charge in [0.15, 0.2) is 17.6 Å². The number of hydrogen-bond acceptors (Lipinski definition) is 5. The Bertz CT molecular complexity index is 493. The highest BCUT2D eigenvalue weighted by Crippen LogP contribution is 2.40. The van der Waals surface area contributed by atoms with Crippen molar-refractivity contribution in [2.24, 2.45) is 0 Å². The van der Waals surface area contributed by atoms with E-state index in [9.17, 15) is 14.3 Å². The average Bonchev–Trinajstić information content (AvgIpc) is 2.42. The van der Waals surface area contributed by atoms with Gasteiger partial charge in [-0.2, -0.15) is 0 Å². The van der Waals surface area contributed by atoms with Crippen molar-refractivity contribution >= 4 is 5.97 Å². The molecule has 1 atom stereocenters. The predicted octanol–water partition coefficient (Wildman–Crippen LogP) is 2.11. The van der Waals surface area contributed by atoms with E-state index in [0.717, 1.165) is 7.11 Å². The summed E-state index contributed by atoms with van der Waals surface area (Å²) in [6, 6.07) is 2.83. The molecule has 0 aliphatic rings. The minimum atomic E-state index is -1.66. The predicted molar refractivity (Wildman–Crippen MR) is 70.7 cm³/mol. The Balaban J connectivity index is 3.50. The van der Waals surface area contributed by atoms with E-state index in [1.54, 1.807) is 0 Å². The summed E-state index contributed by atoms with van der Waals surface area (Å²) in [6.07, 6.45) is -1.58. The van der Waals surface area contributed by atoms with E-state index in [0.29, 0.717) is 0 Å². The van der Waals surface area contributed by atoms with E-state index >= 15 is 0 Å². The summed E-state index contributed by atoms with van der Waals surface area (Å²) >= 11 is 0. The highest BCUT2D eigenvalue weighted by molar-refractivity contribution is 5.78. The van der Waals surface area contributed by atoms with Crippen LogP contribution in [0.25, 0.3) is 0 Å². The van der Waals surface area contributed by atoms with Crippen molar-refractivity contribution in [1.29, 1.82) is 0 Å². The van der Waals surface area contributed by atoms with E-state index in [4.69, 9.17) is 9.47 Å². The van der Waals surface area contributed by atoms with E-state index in [1.807, 2.05) is 0 Å². The Kier molecular flexibility index (Phi) is 4.94. The van der Waals surface area contributed by atoms with Crippen LogP contribution >= 0.6 is 0 Å². The molecule has 1 unspecified atom stereocenters. The molecule has 0 saturated heterocycles. The van der Waals surface area contributed by atoms with Crippen molar-refractivity contribution in [2.75, 3.05) is 21.3 Å². The minimum absolute atomic E-state index is 0.0967. The fourth-order valence-corrected chi connectivity index (χ4v) is 1.78. The van der Waals surface area contributed by atoms with Crippen LogP contribution in [0.3, 0.4) is 0 Å². The molecule has 0 aliphatic heterocycles. The third-order valence-electron chi connectivity index (χ3n) is 2.91. The second kappa shape index (κ2) is 6.09. The van der Waals surface area contributed by atoms with Crippen molar-refractivity contribution in [1.82, 2.24) is 0 Å². The molecule has 0 aromatic heterocycles. The number of ether oxygens (including phenoxy) is 3. The normalized spacial score (nSPS) is 12.8. The summed E-state index contributed by atoms with van der Waals surface area (Å²) in [5.41, 5.74) is -1.31. The molecule has 0 amide bonds. The van der Waals surface area contributed by atoms with Crippen molar-refractivity contribution in [3.05, 3.63) is 23.3 Å². The summed E-state index contributed by atoms with van der Waals surface area (Å²) in [7, 11) is 3.91. The largest absolute Gasteiger partial charge is 0.493 e. The number of rotatable bonds is 5. The fourth-order valence-electron chi connectivity index (χ4n) is 1.78. The summed E-state index contributed by atoms with van der Waals surface area (Å²) in [6.45, 7) is 2.73. The molecule has 1 aromatic rings. The zero-order valence-electron chi connectivity index (χ0n) is 12.2. The van der Waals surface area contributed by atoms with Crippen LogP contribution in [0, 0.1) is 0 Å². The van der Waals surface area contributed by atoms with Crippen LogP contribution in [-0.4, -0.2) is 32.4 Å². The number of alkyl halides is 1. The maximum absolute atomic E-state index is 14.1. The van der Waals surface area contributed by atoms with Crippen molar-refractivity contribution < 1.29 is 28.5 Å². The van der Waals surface area contributed by atoms with E-state index in [1.165, 1.54) is 40.2 Å². The number of aliphatic hydroxyl groups is 1. The average molecular weight is 286 g/mol. The Morgan fingerprint density at radius 2 is 1.85 bits per heavy atom. The molecule has 0 fully saturated rings. The molecule has 1 rings (SSSR count). The van der Waals surface area contributed by atoms with Gasteiger partial charge in [0.2, 0.25) is 0 Å². The van der Waals surface area contributed by atoms with Gasteiger partial charge >= 0.3 is 5.97 Å². The van der Waals surface area contributed by atoms with Gasteiger partial charge in [0.1, 0.15) is 5.67 Å². The van der Waals surface area contributed by atoms with E-state index in [-0.39, 0.29) is 22.6 Å². The number of halogens is 1. The number of carbonyl (C=O) groups is 1. The van der Waals surface area contributed by atoms with Gasteiger partial charge in [-0.3, -0.25) is 0 Å². The molecule has 1 N–H and O–H groups in total. The molecule has 5 nitrogen and oxygen atoms in total. The standard InChI is InChI=1S/C14H19FO5/c1-14(2,15)8-6-9(11(16)13(17)20-5)12(19-4)10(7-8)18-3/h6-7,11,16H,1-5H3. The SMILES string of the molecule is COC(=O)C(O)c1cc(C(C)(C)F)cc(OC)c1OC. The Morgan fingerprint density at radius 1 is 1.25 bits per heavy atom. The molecule has 0 aliphatic carbocycles. The molecule has 112 valence electrons.